The fourth-order valence-corrected chi connectivity index (χ4v) is 2.17. The highest BCUT2D eigenvalue weighted by molar-refractivity contribution is 5.81. The van der Waals surface area contributed by atoms with Crippen LogP contribution in [0.4, 0.5) is 5.82 Å². The Hall–Kier alpha value is -2.03. The Morgan fingerprint density at radius 3 is 2.79 bits per heavy atom. The van der Waals surface area contributed by atoms with Gasteiger partial charge in [-0.2, -0.15) is 0 Å². The molecule has 3 heterocycles. The number of rotatable bonds is 2. The lowest BCUT2D eigenvalue weighted by Gasteiger charge is -2.16. The summed E-state index contributed by atoms with van der Waals surface area (Å²) < 4.78 is 7.05. The van der Waals surface area contributed by atoms with Crippen LogP contribution in [0.2, 0.25) is 0 Å². The zero-order valence-corrected chi connectivity index (χ0v) is 9.92. The van der Waals surface area contributed by atoms with Gasteiger partial charge in [0.05, 0.1) is 6.33 Å². The van der Waals surface area contributed by atoms with Gasteiger partial charge in [0.15, 0.2) is 17.7 Å². The first-order valence-corrected chi connectivity index (χ1v) is 5.70. The van der Waals surface area contributed by atoms with Gasteiger partial charge in [-0.1, -0.05) is 6.08 Å². The quantitative estimate of drug-likeness (QED) is 0.607. The molecule has 4 N–H and O–H groups in total. The number of ether oxygens (including phenoxy) is 1. The molecule has 1 fully saturated rings. The van der Waals surface area contributed by atoms with E-state index in [0.29, 0.717) is 11.2 Å². The molecular formula is C11H13N5O3. The van der Waals surface area contributed by atoms with Crippen molar-refractivity contribution in [3.05, 3.63) is 25.3 Å². The zero-order chi connectivity index (χ0) is 13.6. The molecule has 1 aliphatic rings. The third-order valence-corrected chi connectivity index (χ3v) is 3.17. The van der Waals surface area contributed by atoms with Crippen LogP contribution in [0, 0.1) is 0 Å². The summed E-state index contributed by atoms with van der Waals surface area (Å²) in [7, 11) is 0. The summed E-state index contributed by atoms with van der Waals surface area (Å²) in [5.41, 5.74) is 6.55. The highest BCUT2D eigenvalue weighted by atomic mass is 16.6. The second kappa shape index (κ2) is 4.26. The molecule has 0 amide bonds. The monoisotopic (exact) mass is 263 g/mol. The molecule has 8 nitrogen and oxygen atoms in total. The van der Waals surface area contributed by atoms with Gasteiger partial charge in [-0.15, -0.1) is 6.58 Å². The van der Waals surface area contributed by atoms with Crippen molar-refractivity contribution in [3.63, 3.8) is 0 Å². The van der Waals surface area contributed by atoms with Crippen molar-refractivity contribution in [2.45, 2.75) is 24.5 Å². The number of nitrogens with two attached hydrogens (primary N) is 1. The Bertz CT molecular complexity index is 628. The van der Waals surface area contributed by atoms with Gasteiger partial charge in [0.25, 0.3) is 0 Å². The van der Waals surface area contributed by atoms with Gasteiger partial charge >= 0.3 is 0 Å². The third kappa shape index (κ3) is 1.69. The summed E-state index contributed by atoms with van der Waals surface area (Å²) in [6, 6.07) is 0. The number of fused-ring (bicyclic) bond motifs is 1. The first-order valence-electron chi connectivity index (χ1n) is 5.70. The first kappa shape index (κ1) is 12.0. The number of anilines is 1. The number of nitrogen functional groups attached to an aromatic ring is 1. The first-order chi connectivity index (χ1) is 9.13. The summed E-state index contributed by atoms with van der Waals surface area (Å²) >= 11 is 0. The molecule has 100 valence electrons. The van der Waals surface area contributed by atoms with Crippen molar-refractivity contribution in [1.29, 1.82) is 0 Å². The molecule has 0 aliphatic carbocycles. The van der Waals surface area contributed by atoms with E-state index in [1.165, 1.54) is 23.3 Å². The van der Waals surface area contributed by atoms with Crippen LogP contribution in [0.3, 0.4) is 0 Å². The Kier molecular flexibility index (Phi) is 2.70. The molecule has 19 heavy (non-hydrogen) atoms. The summed E-state index contributed by atoms with van der Waals surface area (Å²) in [6.45, 7) is 3.55. The number of hydrogen-bond donors (Lipinski definition) is 3. The van der Waals surface area contributed by atoms with Crippen LogP contribution >= 0.6 is 0 Å². The third-order valence-electron chi connectivity index (χ3n) is 3.17. The van der Waals surface area contributed by atoms with Gasteiger partial charge in [-0.25, -0.2) is 15.0 Å². The molecule has 0 saturated carbocycles. The number of aromatic nitrogens is 4. The van der Waals surface area contributed by atoms with Gasteiger partial charge in [0, 0.05) is 0 Å². The van der Waals surface area contributed by atoms with Crippen molar-refractivity contribution in [2.75, 3.05) is 5.73 Å². The molecular weight excluding hydrogens is 250 g/mol. The summed E-state index contributed by atoms with van der Waals surface area (Å²) in [4.78, 5) is 12.0. The second-order valence-corrected chi connectivity index (χ2v) is 4.29. The van der Waals surface area contributed by atoms with Crippen LogP contribution in [-0.2, 0) is 4.74 Å². The number of nitrogens with zero attached hydrogens (tertiary/aromatic N) is 4. The maximum absolute atomic E-state index is 10.0. The Balaban J connectivity index is 2.06. The standard InChI is InChI=1S/C11H13N5O3/c1-2-5-7(17)8(18)11(19-5)16-4-15-6-9(12)13-3-14-10(6)16/h2-5,7-8,11,17-18H,1H2,(H2,12,13,14)/t5-,7-,8-,11-/m1/s1. The molecule has 8 heteroatoms. The van der Waals surface area contributed by atoms with Gasteiger partial charge < -0.3 is 20.7 Å². The number of hydrogen-bond acceptors (Lipinski definition) is 7. The van der Waals surface area contributed by atoms with Crippen molar-refractivity contribution in [2.24, 2.45) is 0 Å². The van der Waals surface area contributed by atoms with Crippen LogP contribution in [0.5, 0.6) is 0 Å². The predicted octanol–water partition coefficient (Wildman–Crippen LogP) is -0.786. The lowest BCUT2D eigenvalue weighted by molar-refractivity contribution is -0.0244. The maximum Gasteiger partial charge on any atom is 0.167 e. The molecule has 0 unspecified atom stereocenters. The topological polar surface area (TPSA) is 119 Å². The van der Waals surface area contributed by atoms with Gasteiger partial charge in [0.2, 0.25) is 0 Å². The lowest BCUT2D eigenvalue weighted by Crippen LogP contribution is -2.30. The molecule has 0 radical (unpaired) electrons. The number of aliphatic hydroxyl groups is 2. The Labute approximate surface area is 108 Å². The summed E-state index contributed by atoms with van der Waals surface area (Å²) in [6.07, 6.45) is 0.612. The number of aliphatic hydroxyl groups excluding tert-OH is 2. The van der Waals surface area contributed by atoms with Crippen LogP contribution in [0.1, 0.15) is 6.23 Å². The van der Waals surface area contributed by atoms with Crippen LogP contribution in [0.25, 0.3) is 11.2 Å². The fourth-order valence-electron chi connectivity index (χ4n) is 2.17. The molecule has 1 aliphatic heterocycles. The minimum Gasteiger partial charge on any atom is -0.387 e. The van der Waals surface area contributed by atoms with Crippen molar-refractivity contribution >= 4 is 17.0 Å². The predicted molar refractivity (Wildman–Crippen MR) is 65.9 cm³/mol. The molecule has 3 rings (SSSR count). The average Bonchev–Trinajstić information content (AvgIpc) is 2.94. The van der Waals surface area contributed by atoms with E-state index in [-0.39, 0.29) is 5.82 Å². The number of imidazole rings is 1. The molecule has 0 aromatic carbocycles. The van der Waals surface area contributed by atoms with Crippen molar-refractivity contribution < 1.29 is 14.9 Å². The molecule has 0 bridgehead atoms. The minimum absolute atomic E-state index is 0.247. The van der Waals surface area contributed by atoms with E-state index < -0.39 is 24.5 Å². The van der Waals surface area contributed by atoms with Crippen LogP contribution < -0.4 is 5.73 Å². The summed E-state index contributed by atoms with van der Waals surface area (Å²) in [5.74, 6) is 0.247. The highest BCUT2D eigenvalue weighted by Gasteiger charge is 2.42. The van der Waals surface area contributed by atoms with E-state index in [1.54, 1.807) is 0 Å². The van der Waals surface area contributed by atoms with Crippen molar-refractivity contribution in [1.82, 2.24) is 19.5 Å². The van der Waals surface area contributed by atoms with E-state index in [9.17, 15) is 10.2 Å². The smallest absolute Gasteiger partial charge is 0.167 e. The maximum atomic E-state index is 10.0. The Morgan fingerprint density at radius 1 is 1.32 bits per heavy atom. The van der Waals surface area contributed by atoms with E-state index in [2.05, 4.69) is 21.5 Å². The highest BCUT2D eigenvalue weighted by Crippen LogP contribution is 2.32. The molecule has 0 spiro atoms. The van der Waals surface area contributed by atoms with E-state index in [1.807, 2.05) is 0 Å². The van der Waals surface area contributed by atoms with Gasteiger partial charge in [-0.05, 0) is 0 Å². The molecule has 2 aromatic heterocycles. The molecule has 4 atom stereocenters. The minimum atomic E-state index is -1.10. The van der Waals surface area contributed by atoms with Crippen LogP contribution in [-0.4, -0.2) is 48.0 Å². The normalized spacial score (nSPS) is 30.8. The van der Waals surface area contributed by atoms with E-state index in [4.69, 9.17) is 10.5 Å². The average molecular weight is 263 g/mol. The van der Waals surface area contributed by atoms with Gasteiger partial charge in [-0.3, -0.25) is 4.57 Å². The summed E-state index contributed by atoms with van der Waals surface area (Å²) in [5, 5.41) is 19.8. The van der Waals surface area contributed by atoms with E-state index >= 15 is 0 Å². The second-order valence-electron chi connectivity index (χ2n) is 4.29. The zero-order valence-electron chi connectivity index (χ0n) is 9.92. The molecule has 2 aromatic rings. The Morgan fingerprint density at radius 2 is 2.11 bits per heavy atom. The molecule has 1 saturated heterocycles. The largest absolute Gasteiger partial charge is 0.387 e. The lowest BCUT2D eigenvalue weighted by atomic mass is 10.1. The fraction of sp³-hybridized carbons (Fsp3) is 0.364. The van der Waals surface area contributed by atoms with Gasteiger partial charge in [0.1, 0.15) is 30.2 Å². The van der Waals surface area contributed by atoms with Crippen molar-refractivity contribution in [3.8, 4) is 0 Å². The van der Waals surface area contributed by atoms with Crippen LogP contribution in [0.15, 0.2) is 25.3 Å². The SMILES string of the molecule is C=C[C@H]1O[C@@H](n2cnc3c(N)ncnc32)[C@H](O)[C@@H]1O. The van der Waals surface area contributed by atoms with E-state index in [0.717, 1.165) is 0 Å².